The number of aromatic nitrogens is 3. The predicted molar refractivity (Wildman–Crippen MR) is 47.0 cm³/mol. The quantitative estimate of drug-likeness (QED) is 0.653. The topological polar surface area (TPSA) is 77.0 Å². The average molecular weight is 182 g/mol. The van der Waals surface area contributed by atoms with E-state index in [0.717, 1.165) is 25.2 Å². The number of aliphatic hydroxyl groups is 1. The van der Waals surface area contributed by atoms with E-state index in [0.29, 0.717) is 12.2 Å². The SMILES string of the molecule is NC1CCCn2nc(CCO)nc21. The Balaban J connectivity index is 2.25. The lowest BCUT2D eigenvalue weighted by atomic mass is 10.1. The lowest BCUT2D eigenvalue weighted by Gasteiger charge is -2.17. The van der Waals surface area contributed by atoms with Crippen LogP contribution in [0.3, 0.4) is 0 Å². The number of hydrogen-bond acceptors (Lipinski definition) is 4. The maximum absolute atomic E-state index is 8.73. The van der Waals surface area contributed by atoms with Crippen LogP contribution in [0.4, 0.5) is 0 Å². The molecule has 0 radical (unpaired) electrons. The summed E-state index contributed by atoms with van der Waals surface area (Å²) in [5.41, 5.74) is 5.87. The summed E-state index contributed by atoms with van der Waals surface area (Å²) in [5.74, 6) is 1.57. The minimum absolute atomic E-state index is 0.0219. The van der Waals surface area contributed by atoms with Gasteiger partial charge in [-0.15, -0.1) is 0 Å². The Bertz CT molecular complexity index is 296. The molecule has 0 amide bonds. The fraction of sp³-hybridized carbons (Fsp3) is 0.750. The van der Waals surface area contributed by atoms with Crippen molar-refractivity contribution in [3.63, 3.8) is 0 Å². The number of nitrogens with two attached hydrogens (primary N) is 1. The molecule has 0 fully saturated rings. The molecule has 0 aromatic carbocycles. The number of rotatable bonds is 2. The molecule has 1 unspecified atom stereocenters. The molecule has 0 aliphatic carbocycles. The van der Waals surface area contributed by atoms with E-state index in [1.165, 1.54) is 0 Å². The second-order valence-electron chi connectivity index (χ2n) is 3.33. The number of nitrogens with zero attached hydrogens (tertiary/aromatic N) is 3. The van der Waals surface area contributed by atoms with Gasteiger partial charge in [0.1, 0.15) is 5.82 Å². The van der Waals surface area contributed by atoms with Gasteiger partial charge < -0.3 is 10.8 Å². The van der Waals surface area contributed by atoms with Gasteiger partial charge in [-0.2, -0.15) is 5.10 Å². The Labute approximate surface area is 76.6 Å². The van der Waals surface area contributed by atoms with Crippen LogP contribution in [0.25, 0.3) is 0 Å². The maximum atomic E-state index is 8.73. The molecule has 1 aliphatic heterocycles. The van der Waals surface area contributed by atoms with Crippen molar-refractivity contribution < 1.29 is 5.11 Å². The summed E-state index contributed by atoms with van der Waals surface area (Å²) in [4.78, 5) is 4.29. The molecule has 2 heterocycles. The molecule has 0 saturated carbocycles. The van der Waals surface area contributed by atoms with E-state index in [9.17, 15) is 0 Å². The molecule has 0 spiro atoms. The van der Waals surface area contributed by atoms with E-state index < -0.39 is 0 Å². The zero-order valence-corrected chi connectivity index (χ0v) is 7.48. The van der Waals surface area contributed by atoms with Crippen molar-refractivity contribution >= 4 is 0 Å². The standard InChI is InChI=1S/C8H14N4O/c9-6-2-1-4-12-8(6)10-7(11-12)3-5-13/h6,13H,1-5,9H2. The second kappa shape index (κ2) is 3.43. The van der Waals surface area contributed by atoms with Crippen LogP contribution in [-0.2, 0) is 13.0 Å². The molecule has 3 N–H and O–H groups in total. The van der Waals surface area contributed by atoms with Crippen molar-refractivity contribution in [2.75, 3.05) is 6.61 Å². The minimum Gasteiger partial charge on any atom is -0.396 e. The Hall–Kier alpha value is -0.940. The fourth-order valence-corrected chi connectivity index (χ4v) is 1.64. The minimum atomic E-state index is 0.0219. The van der Waals surface area contributed by atoms with Crippen molar-refractivity contribution in [2.45, 2.75) is 31.8 Å². The van der Waals surface area contributed by atoms with Crippen molar-refractivity contribution in [3.8, 4) is 0 Å². The number of aryl methyl sites for hydroxylation is 1. The third-order valence-electron chi connectivity index (χ3n) is 2.30. The monoisotopic (exact) mass is 182 g/mol. The summed E-state index contributed by atoms with van der Waals surface area (Å²) in [6.07, 6.45) is 2.57. The van der Waals surface area contributed by atoms with E-state index in [4.69, 9.17) is 10.8 Å². The molecule has 1 aromatic heterocycles. The third-order valence-corrected chi connectivity index (χ3v) is 2.30. The van der Waals surface area contributed by atoms with Crippen molar-refractivity contribution in [2.24, 2.45) is 5.73 Å². The van der Waals surface area contributed by atoms with Gasteiger partial charge in [-0.1, -0.05) is 0 Å². The van der Waals surface area contributed by atoms with Crippen LogP contribution < -0.4 is 5.73 Å². The Kier molecular flexibility index (Phi) is 2.28. The lowest BCUT2D eigenvalue weighted by molar-refractivity contribution is 0.296. The highest BCUT2D eigenvalue weighted by atomic mass is 16.3. The van der Waals surface area contributed by atoms with Gasteiger partial charge in [-0.05, 0) is 12.8 Å². The first-order valence-electron chi connectivity index (χ1n) is 4.61. The number of aliphatic hydroxyl groups excluding tert-OH is 1. The normalized spacial score (nSPS) is 21.5. The van der Waals surface area contributed by atoms with Gasteiger partial charge in [0.2, 0.25) is 0 Å². The van der Waals surface area contributed by atoms with Crippen LogP contribution in [0.5, 0.6) is 0 Å². The molecule has 1 aromatic rings. The van der Waals surface area contributed by atoms with Gasteiger partial charge in [0.25, 0.3) is 0 Å². The number of fused-ring (bicyclic) bond motifs is 1. The van der Waals surface area contributed by atoms with Crippen LogP contribution >= 0.6 is 0 Å². The van der Waals surface area contributed by atoms with E-state index >= 15 is 0 Å². The summed E-state index contributed by atoms with van der Waals surface area (Å²) in [6, 6.07) is 0.0219. The van der Waals surface area contributed by atoms with Gasteiger partial charge >= 0.3 is 0 Å². The maximum Gasteiger partial charge on any atom is 0.153 e. The molecule has 1 aliphatic rings. The van der Waals surface area contributed by atoms with Gasteiger partial charge in [0.15, 0.2) is 5.82 Å². The highest BCUT2D eigenvalue weighted by Crippen LogP contribution is 2.20. The van der Waals surface area contributed by atoms with Crippen molar-refractivity contribution in [3.05, 3.63) is 11.6 Å². The largest absolute Gasteiger partial charge is 0.396 e. The van der Waals surface area contributed by atoms with Gasteiger partial charge in [-0.3, -0.25) is 0 Å². The van der Waals surface area contributed by atoms with Crippen LogP contribution in [0.2, 0.25) is 0 Å². The zero-order valence-electron chi connectivity index (χ0n) is 7.48. The summed E-state index contributed by atoms with van der Waals surface area (Å²) < 4.78 is 1.86. The molecule has 5 heteroatoms. The zero-order chi connectivity index (χ0) is 9.26. The molecule has 1 atom stereocenters. The predicted octanol–water partition coefficient (Wildman–Crippen LogP) is -0.394. The Morgan fingerprint density at radius 1 is 1.62 bits per heavy atom. The molecule has 5 nitrogen and oxygen atoms in total. The summed E-state index contributed by atoms with van der Waals surface area (Å²) in [7, 11) is 0. The van der Waals surface area contributed by atoms with Crippen LogP contribution in [0.15, 0.2) is 0 Å². The van der Waals surface area contributed by atoms with Crippen LogP contribution in [-0.4, -0.2) is 26.5 Å². The first-order chi connectivity index (χ1) is 6.31. The van der Waals surface area contributed by atoms with E-state index in [1.807, 2.05) is 4.68 Å². The van der Waals surface area contributed by atoms with E-state index in [-0.39, 0.29) is 12.6 Å². The molecular weight excluding hydrogens is 168 g/mol. The van der Waals surface area contributed by atoms with Crippen molar-refractivity contribution in [1.82, 2.24) is 14.8 Å². The Morgan fingerprint density at radius 2 is 2.46 bits per heavy atom. The summed E-state index contributed by atoms with van der Waals surface area (Å²) in [6.45, 7) is 1.00. The van der Waals surface area contributed by atoms with Gasteiger partial charge in [0, 0.05) is 13.0 Å². The lowest BCUT2D eigenvalue weighted by Crippen LogP contribution is -2.22. The highest BCUT2D eigenvalue weighted by Gasteiger charge is 2.20. The fourth-order valence-electron chi connectivity index (χ4n) is 1.64. The summed E-state index contributed by atoms with van der Waals surface area (Å²) in [5, 5.41) is 13.0. The molecule has 0 bridgehead atoms. The summed E-state index contributed by atoms with van der Waals surface area (Å²) >= 11 is 0. The smallest absolute Gasteiger partial charge is 0.153 e. The number of hydrogen-bond donors (Lipinski definition) is 2. The third kappa shape index (κ3) is 1.57. The molecule has 2 rings (SSSR count). The van der Waals surface area contributed by atoms with Crippen LogP contribution in [0, 0.1) is 0 Å². The first kappa shape index (κ1) is 8.65. The van der Waals surface area contributed by atoms with Gasteiger partial charge in [-0.25, -0.2) is 9.67 Å². The molecule has 72 valence electrons. The van der Waals surface area contributed by atoms with Crippen molar-refractivity contribution in [1.29, 1.82) is 0 Å². The molecule has 0 saturated heterocycles. The molecular formula is C8H14N4O. The highest BCUT2D eigenvalue weighted by molar-refractivity contribution is 5.01. The first-order valence-corrected chi connectivity index (χ1v) is 4.61. The average Bonchev–Trinajstić information content (AvgIpc) is 2.49. The second-order valence-corrected chi connectivity index (χ2v) is 3.33. The van der Waals surface area contributed by atoms with Crippen LogP contribution in [0.1, 0.15) is 30.5 Å². The van der Waals surface area contributed by atoms with E-state index in [2.05, 4.69) is 10.1 Å². The van der Waals surface area contributed by atoms with Gasteiger partial charge in [0.05, 0.1) is 12.6 Å². The Morgan fingerprint density at radius 3 is 3.15 bits per heavy atom. The van der Waals surface area contributed by atoms with E-state index in [1.54, 1.807) is 0 Å². The molecule has 13 heavy (non-hydrogen) atoms.